The van der Waals surface area contributed by atoms with Crippen molar-refractivity contribution in [2.24, 2.45) is 7.05 Å². The van der Waals surface area contributed by atoms with Crippen LogP contribution in [0.2, 0.25) is 5.02 Å². The Hall–Kier alpha value is -3.77. The molecule has 3 aromatic carbocycles. The van der Waals surface area contributed by atoms with Crippen molar-refractivity contribution in [2.45, 2.75) is 46.6 Å². The van der Waals surface area contributed by atoms with E-state index in [1.807, 2.05) is 87.0 Å². The second-order valence-electron chi connectivity index (χ2n) is 9.31. The number of nitrogens with zero attached hydrogens (tertiary/aromatic N) is 1. The van der Waals surface area contributed by atoms with Gasteiger partial charge in [-0.1, -0.05) is 30.7 Å². The number of carbonyl (C=O) groups is 2. The molecule has 192 valence electrons. The van der Waals surface area contributed by atoms with Crippen LogP contribution in [0.1, 0.15) is 51.7 Å². The van der Waals surface area contributed by atoms with Crippen LogP contribution in [0.3, 0.4) is 0 Å². The number of hydrogen-bond acceptors (Lipinski definition) is 3. The number of aromatic nitrogens is 1. The van der Waals surface area contributed by atoms with Gasteiger partial charge >= 0.3 is 5.97 Å². The first-order valence-electron chi connectivity index (χ1n) is 12.3. The summed E-state index contributed by atoms with van der Waals surface area (Å²) in [7, 11) is 1.88. The summed E-state index contributed by atoms with van der Waals surface area (Å²) in [5, 5.41) is 13.6. The summed E-state index contributed by atoms with van der Waals surface area (Å²) in [6, 6.07) is 17.3. The molecule has 0 saturated heterocycles. The quantitative estimate of drug-likeness (QED) is 0.257. The third kappa shape index (κ3) is 5.97. The number of hydrogen-bond donors (Lipinski definition) is 2. The van der Waals surface area contributed by atoms with Crippen molar-refractivity contribution in [2.75, 3.05) is 0 Å². The molecule has 0 radical (unpaired) electrons. The summed E-state index contributed by atoms with van der Waals surface area (Å²) in [4.78, 5) is 24.1. The predicted molar refractivity (Wildman–Crippen MR) is 147 cm³/mol. The van der Waals surface area contributed by atoms with E-state index in [2.05, 4.69) is 5.32 Å². The lowest BCUT2D eigenvalue weighted by atomic mass is 10.0. The van der Waals surface area contributed by atoms with E-state index >= 15 is 0 Å². The van der Waals surface area contributed by atoms with Crippen LogP contribution in [-0.2, 0) is 31.2 Å². The summed E-state index contributed by atoms with van der Waals surface area (Å²) >= 11 is 6.17. The number of halogens is 1. The zero-order valence-corrected chi connectivity index (χ0v) is 22.3. The Morgan fingerprint density at radius 1 is 1.00 bits per heavy atom. The van der Waals surface area contributed by atoms with Crippen molar-refractivity contribution >= 4 is 34.4 Å². The minimum Gasteiger partial charge on any atom is -0.481 e. The lowest BCUT2D eigenvalue weighted by Gasteiger charge is -2.13. The molecule has 0 aliphatic heterocycles. The van der Waals surface area contributed by atoms with Gasteiger partial charge < -0.3 is 19.7 Å². The van der Waals surface area contributed by atoms with E-state index in [4.69, 9.17) is 21.4 Å². The van der Waals surface area contributed by atoms with Crippen molar-refractivity contribution in [3.05, 3.63) is 93.1 Å². The Labute approximate surface area is 221 Å². The molecule has 0 aliphatic carbocycles. The number of ether oxygens (including phenoxy) is 1. The van der Waals surface area contributed by atoms with Crippen molar-refractivity contribution in [1.82, 2.24) is 9.88 Å². The molecule has 37 heavy (non-hydrogen) atoms. The molecule has 0 atom stereocenters. The number of carboxylic acid groups (broad SMARTS) is 1. The van der Waals surface area contributed by atoms with Gasteiger partial charge in [-0.15, -0.1) is 0 Å². The van der Waals surface area contributed by atoms with E-state index in [1.165, 1.54) is 0 Å². The second kappa shape index (κ2) is 11.1. The summed E-state index contributed by atoms with van der Waals surface area (Å²) < 4.78 is 8.05. The van der Waals surface area contributed by atoms with E-state index in [1.54, 1.807) is 0 Å². The van der Waals surface area contributed by atoms with Gasteiger partial charge in [-0.05, 0) is 97.0 Å². The molecule has 2 N–H and O–H groups in total. The van der Waals surface area contributed by atoms with E-state index in [9.17, 15) is 9.59 Å². The first-order valence-corrected chi connectivity index (χ1v) is 12.7. The van der Waals surface area contributed by atoms with Crippen LogP contribution < -0.4 is 10.1 Å². The molecular weight excluding hydrogens is 488 g/mol. The first kappa shape index (κ1) is 26.3. The maximum absolute atomic E-state index is 13.1. The maximum Gasteiger partial charge on any atom is 0.303 e. The van der Waals surface area contributed by atoms with E-state index in [0.29, 0.717) is 35.2 Å². The normalized spacial score (nSPS) is 11.1. The second-order valence-corrected chi connectivity index (χ2v) is 9.75. The minimum atomic E-state index is -0.804. The molecule has 0 saturated carbocycles. The maximum atomic E-state index is 13.1. The molecule has 0 unspecified atom stereocenters. The summed E-state index contributed by atoms with van der Waals surface area (Å²) in [6.07, 6.45) is 1.39. The smallest absolute Gasteiger partial charge is 0.303 e. The standard InChI is InChI=1S/C30H31ClN2O4/c1-5-21-15-24(9-6-22(21)7-11-28(34)35)37-25-13-18(2)12-20(14-25)17-32-30(36)29-19(3)26-16-23(31)8-10-27(26)33(29)4/h6,8-10,12-16H,5,7,11,17H2,1-4H3,(H,32,36)(H,34,35). The average molecular weight is 519 g/mol. The molecule has 4 rings (SSSR count). The van der Waals surface area contributed by atoms with Gasteiger partial charge in [0.05, 0.1) is 0 Å². The van der Waals surface area contributed by atoms with Crippen molar-refractivity contribution < 1.29 is 19.4 Å². The lowest BCUT2D eigenvalue weighted by Crippen LogP contribution is -2.25. The highest BCUT2D eigenvalue weighted by molar-refractivity contribution is 6.31. The topological polar surface area (TPSA) is 80.6 Å². The SMILES string of the molecule is CCc1cc(Oc2cc(C)cc(CNC(=O)c3c(C)c4cc(Cl)ccc4n3C)c2)ccc1CCC(=O)O. The highest BCUT2D eigenvalue weighted by Gasteiger charge is 2.18. The number of nitrogens with one attached hydrogen (secondary N) is 1. The Morgan fingerprint density at radius 2 is 1.78 bits per heavy atom. The summed E-state index contributed by atoms with van der Waals surface area (Å²) in [5.41, 5.74) is 6.50. The summed E-state index contributed by atoms with van der Waals surface area (Å²) in [5.74, 6) is 0.420. The average Bonchev–Trinajstić information content (AvgIpc) is 3.10. The zero-order valence-electron chi connectivity index (χ0n) is 21.5. The highest BCUT2D eigenvalue weighted by atomic mass is 35.5. The van der Waals surface area contributed by atoms with Crippen LogP contribution in [-0.4, -0.2) is 21.6 Å². The number of fused-ring (bicyclic) bond motifs is 1. The molecule has 1 heterocycles. The molecule has 0 fully saturated rings. The number of aryl methyl sites for hydroxylation is 5. The van der Waals surface area contributed by atoms with Crippen molar-refractivity contribution in [3.8, 4) is 11.5 Å². The molecule has 7 heteroatoms. The van der Waals surface area contributed by atoms with Gasteiger partial charge in [0.25, 0.3) is 5.91 Å². The van der Waals surface area contributed by atoms with Crippen LogP contribution in [0.4, 0.5) is 0 Å². The van der Waals surface area contributed by atoms with E-state index < -0.39 is 5.97 Å². The van der Waals surface area contributed by atoms with Gasteiger partial charge in [-0.3, -0.25) is 9.59 Å². The molecule has 4 aromatic rings. The van der Waals surface area contributed by atoms with Gasteiger partial charge in [0.2, 0.25) is 0 Å². The largest absolute Gasteiger partial charge is 0.481 e. The Morgan fingerprint density at radius 3 is 2.51 bits per heavy atom. The lowest BCUT2D eigenvalue weighted by molar-refractivity contribution is -0.136. The Kier molecular flexibility index (Phi) is 7.89. The Bertz CT molecular complexity index is 1490. The molecule has 1 amide bonds. The molecule has 0 spiro atoms. The number of amides is 1. The van der Waals surface area contributed by atoms with Crippen LogP contribution in [0.5, 0.6) is 11.5 Å². The first-order chi connectivity index (χ1) is 17.7. The van der Waals surface area contributed by atoms with Gasteiger partial charge in [0.15, 0.2) is 0 Å². The zero-order chi connectivity index (χ0) is 26.7. The fraction of sp³-hybridized carbons (Fsp3) is 0.267. The van der Waals surface area contributed by atoms with E-state index in [-0.39, 0.29) is 12.3 Å². The fourth-order valence-electron chi connectivity index (χ4n) is 4.79. The summed E-state index contributed by atoms with van der Waals surface area (Å²) in [6.45, 7) is 6.32. The third-order valence-corrected chi connectivity index (χ3v) is 6.83. The monoisotopic (exact) mass is 518 g/mol. The van der Waals surface area contributed by atoms with Crippen LogP contribution in [0.15, 0.2) is 54.6 Å². The number of carboxylic acids is 1. The molecule has 0 bridgehead atoms. The highest BCUT2D eigenvalue weighted by Crippen LogP contribution is 2.29. The van der Waals surface area contributed by atoms with Crippen molar-refractivity contribution in [3.63, 3.8) is 0 Å². The van der Waals surface area contributed by atoms with Crippen LogP contribution in [0, 0.1) is 13.8 Å². The Balaban J connectivity index is 1.49. The van der Waals surface area contributed by atoms with Gasteiger partial charge in [0, 0.05) is 35.9 Å². The van der Waals surface area contributed by atoms with Gasteiger partial charge in [0.1, 0.15) is 17.2 Å². The molecule has 0 aliphatic rings. The van der Waals surface area contributed by atoms with Gasteiger partial charge in [-0.2, -0.15) is 0 Å². The molecule has 6 nitrogen and oxygen atoms in total. The minimum absolute atomic E-state index is 0.103. The number of carbonyl (C=O) groups excluding carboxylic acids is 1. The predicted octanol–water partition coefficient (Wildman–Crippen LogP) is 6.75. The van der Waals surface area contributed by atoms with Crippen LogP contribution >= 0.6 is 11.6 Å². The molecule has 1 aromatic heterocycles. The molecular formula is C30H31ClN2O4. The third-order valence-electron chi connectivity index (χ3n) is 6.60. The number of aliphatic carboxylic acids is 1. The number of rotatable bonds is 9. The van der Waals surface area contributed by atoms with E-state index in [0.717, 1.165) is 45.1 Å². The fourth-order valence-corrected chi connectivity index (χ4v) is 4.96. The van der Waals surface area contributed by atoms with Crippen molar-refractivity contribution in [1.29, 1.82) is 0 Å². The number of benzene rings is 3. The van der Waals surface area contributed by atoms with Gasteiger partial charge in [-0.25, -0.2) is 0 Å². The van der Waals surface area contributed by atoms with Crippen LogP contribution in [0.25, 0.3) is 10.9 Å².